The van der Waals surface area contributed by atoms with E-state index in [1.807, 2.05) is 36.1 Å². The fraction of sp³-hybridized carbons (Fsp3) is 0.222. The Hall–Kier alpha value is -2.72. The molecule has 0 fully saturated rings. The number of nitriles is 1. The molecule has 2 aromatic rings. The molecule has 0 amide bonds. The summed E-state index contributed by atoms with van der Waals surface area (Å²) < 4.78 is 0.911. The van der Waals surface area contributed by atoms with Crippen molar-refractivity contribution in [1.82, 2.24) is 4.98 Å². The van der Waals surface area contributed by atoms with Crippen LogP contribution in [0.1, 0.15) is 19.4 Å². The van der Waals surface area contributed by atoms with Crippen molar-refractivity contribution in [3.8, 4) is 6.07 Å². The van der Waals surface area contributed by atoms with Crippen LogP contribution in [0.15, 0.2) is 41.0 Å². The summed E-state index contributed by atoms with van der Waals surface area (Å²) >= 11 is 3.51. The van der Waals surface area contributed by atoms with Crippen molar-refractivity contribution < 1.29 is 0 Å². The molecule has 7 heteroatoms. The van der Waals surface area contributed by atoms with Crippen LogP contribution in [0.25, 0.3) is 0 Å². The van der Waals surface area contributed by atoms with Gasteiger partial charge in [0.05, 0.1) is 16.9 Å². The molecule has 0 saturated heterocycles. The summed E-state index contributed by atoms with van der Waals surface area (Å²) in [6.45, 7) is 4.21. The number of pyridine rings is 1. The molecule has 0 spiro atoms. The summed E-state index contributed by atoms with van der Waals surface area (Å²) in [5, 5.41) is 25.6. The number of amidine groups is 2. The second-order valence-corrected chi connectivity index (χ2v) is 6.88. The van der Waals surface area contributed by atoms with Crippen molar-refractivity contribution in [3.63, 3.8) is 0 Å². The molecule has 1 unspecified atom stereocenters. The third-order valence-electron chi connectivity index (χ3n) is 4.12. The van der Waals surface area contributed by atoms with Crippen molar-refractivity contribution in [2.45, 2.75) is 13.8 Å². The molecule has 126 valence electrons. The Morgan fingerprint density at radius 2 is 2.08 bits per heavy atom. The molecule has 3 rings (SSSR count). The summed E-state index contributed by atoms with van der Waals surface area (Å²) in [5.41, 5.74) is 2.15. The number of nitrogens with zero attached hydrogens (tertiary/aromatic N) is 4. The molecule has 1 aliphatic rings. The van der Waals surface area contributed by atoms with E-state index in [2.05, 4.69) is 27.0 Å². The smallest absolute Gasteiger partial charge is 0.133 e. The van der Waals surface area contributed by atoms with E-state index >= 15 is 0 Å². The van der Waals surface area contributed by atoms with Gasteiger partial charge in [0.2, 0.25) is 0 Å². The number of hydrogen-bond donors (Lipinski definition) is 2. The van der Waals surface area contributed by atoms with Crippen LogP contribution in [0.2, 0.25) is 0 Å². The van der Waals surface area contributed by atoms with Gasteiger partial charge >= 0.3 is 0 Å². The fourth-order valence-corrected chi connectivity index (χ4v) is 3.25. The maximum absolute atomic E-state index is 8.98. The quantitative estimate of drug-likeness (QED) is 0.555. The first kappa shape index (κ1) is 17.1. The molecule has 1 aromatic heterocycles. The zero-order valence-electron chi connectivity index (χ0n) is 13.9. The predicted molar refractivity (Wildman–Crippen MR) is 103 cm³/mol. The number of halogens is 1. The third-order valence-corrected chi connectivity index (χ3v) is 4.62. The number of anilines is 3. The lowest BCUT2D eigenvalue weighted by atomic mass is 10.1. The molecule has 0 bridgehead atoms. The molecular weight excluding hydrogens is 380 g/mol. The second-order valence-electron chi connectivity index (χ2n) is 5.97. The summed E-state index contributed by atoms with van der Waals surface area (Å²) in [7, 11) is 0. The normalized spacial score (nSPS) is 16.9. The van der Waals surface area contributed by atoms with E-state index < -0.39 is 0 Å². The van der Waals surface area contributed by atoms with Gasteiger partial charge in [0.1, 0.15) is 23.6 Å². The minimum Gasteiger partial charge on any atom is -0.324 e. The zero-order chi connectivity index (χ0) is 18.1. The monoisotopic (exact) mass is 396 g/mol. The van der Waals surface area contributed by atoms with Crippen LogP contribution in [0.3, 0.4) is 0 Å². The highest BCUT2D eigenvalue weighted by molar-refractivity contribution is 9.10. The average Bonchev–Trinajstić information content (AvgIpc) is 2.70. The Morgan fingerprint density at radius 1 is 1.32 bits per heavy atom. The van der Waals surface area contributed by atoms with E-state index in [0.717, 1.165) is 15.8 Å². The van der Waals surface area contributed by atoms with Crippen LogP contribution in [-0.4, -0.2) is 23.2 Å². The number of aromatic nitrogens is 1. The largest absolute Gasteiger partial charge is 0.324 e. The van der Waals surface area contributed by atoms with Gasteiger partial charge in [-0.3, -0.25) is 15.7 Å². The summed E-state index contributed by atoms with van der Waals surface area (Å²) in [6, 6.07) is 11.4. The number of fused-ring (bicyclic) bond motifs is 1. The predicted octanol–water partition coefficient (Wildman–Crippen LogP) is 4.28. The molecule has 25 heavy (non-hydrogen) atoms. The molecular formula is C18H17BrN6. The molecule has 2 N–H and O–H groups in total. The molecule has 6 nitrogen and oxygen atoms in total. The topological polar surface area (TPSA) is 90.9 Å². The van der Waals surface area contributed by atoms with Crippen molar-refractivity contribution in [3.05, 3.63) is 46.6 Å². The second kappa shape index (κ2) is 6.65. The first-order chi connectivity index (χ1) is 11.9. The lowest BCUT2D eigenvalue weighted by Crippen LogP contribution is -2.38. The lowest BCUT2D eigenvalue weighted by molar-refractivity contribution is 0.751. The van der Waals surface area contributed by atoms with E-state index in [4.69, 9.17) is 16.1 Å². The maximum Gasteiger partial charge on any atom is 0.133 e. The van der Waals surface area contributed by atoms with Crippen molar-refractivity contribution in [2.75, 3.05) is 16.3 Å². The SMILES string of the molecule is CC(=N)N1C(=N)C(C)CN(c2ccc(C#N)cn2)c2cc(Br)ccc21. The number of nitrogens with one attached hydrogen (secondary N) is 2. The molecule has 1 atom stereocenters. The minimum absolute atomic E-state index is 0.0936. The first-order valence-electron chi connectivity index (χ1n) is 7.79. The Bertz CT molecular complexity index is 883. The molecule has 1 aromatic carbocycles. The van der Waals surface area contributed by atoms with Gasteiger partial charge in [-0.15, -0.1) is 0 Å². The van der Waals surface area contributed by atoms with Gasteiger partial charge in [-0.25, -0.2) is 4.98 Å². The van der Waals surface area contributed by atoms with E-state index in [9.17, 15) is 0 Å². The highest BCUT2D eigenvalue weighted by Gasteiger charge is 2.31. The van der Waals surface area contributed by atoms with Crippen LogP contribution in [0.5, 0.6) is 0 Å². The van der Waals surface area contributed by atoms with Gasteiger partial charge in [0.25, 0.3) is 0 Å². The standard InChI is InChI=1S/C18H17BrN6/c1-11-10-24(17-6-3-13(8-20)9-23-17)16-7-14(19)4-5-15(16)25(12(2)21)18(11)22/h3-7,9,11,21-22H,10H2,1-2H3. The van der Waals surface area contributed by atoms with E-state index in [1.165, 1.54) is 0 Å². The van der Waals surface area contributed by atoms with Gasteiger partial charge < -0.3 is 4.90 Å². The molecule has 2 heterocycles. The van der Waals surface area contributed by atoms with E-state index in [-0.39, 0.29) is 5.92 Å². The van der Waals surface area contributed by atoms with Crippen LogP contribution in [0, 0.1) is 28.1 Å². The third kappa shape index (κ3) is 3.13. The summed E-state index contributed by atoms with van der Waals surface area (Å²) in [6.07, 6.45) is 1.55. The van der Waals surface area contributed by atoms with Gasteiger partial charge in [0, 0.05) is 23.1 Å². The van der Waals surface area contributed by atoms with Crippen LogP contribution in [0.4, 0.5) is 17.2 Å². The van der Waals surface area contributed by atoms with Crippen LogP contribution < -0.4 is 9.80 Å². The van der Waals surface area contributed by atoms with Crippen molar-refractivity contribution >= 4 is 44.8 Å². The molecule has 0 saturated carbocycles. The van der Waals surface area contributed by atoms with Gasteiger partial charge in [0.15, 0.2) is 0 Å². The fourth-order valence-electron chi connectivity index (χ4n) is 2.90. The lowest BCUT2D eigenvalue weighted by Gasteiger charge is -2.26. The van der Waals surface area contributed by atoms with Gasteiger partial charge in [-0.1, -0.05) is 22.9 Å². The molecule has 0 aliphatic carbocycles. The Labute approximate surface area is 154 Å². The van der Waals surface area contributed by atoms with Crippen LogP contribution >= 0.6 is 15.9 Å². The van der Waals surface area contributed by atoms with Crippen molar-refractivity contribution in [1.29, 1.82) is 16.1 Å². The molecule has 1 aliphatic heterocycles. The highest BCUT2D eigenvalue weighted by Crippen LogP contribution is 2.39. The van der Waals surface area contributed by atoms with Crippen molar-refractivity contribution in [2.24, 2.45) is 5.92 Å². The zero-order valence-corrected chi connectivity index (χ0v) is 15.5. The Kier molecular flexibility index (Phi) is 4.55. The van der Waals surface area contributed by atoms with Gasteiger partial charge in [-0.2, -0.15) is 5.26 Å². The van der Waals surface area contributed by atoms with Gasteiger partial charge in [-0.05, 0) is 37.3 Å². The van der Waals surface area contributed by atoms with E-state index in [0.29, 0.717) is 29.6 Å². The van der Waals surface area contributed by atoms with Crippen LogP contribution in [-0.2, 0) is 0 Å². The maximum atomic E-state index is 8.98. The van der Waals surface area contributed by atoms with E-state index in [1.54, 1.807) is 24.1 Å². The Balaban J connectivity index is 2.20. The highest BCUT2D eigenvalue weighted by atomic mass is 79.9. The average molecular weight is 397 g/mol. The summed E-state index contributed by atoms with van der Waals surface area (Å²) in [4.78, 5) is 8.11. The first-order valence-corrected chi connectivity index (χ1v) is 8.58. The number of rotatable bonds is 1. The Morgan fingerprint density at radius 3 is 2.68 bits per heavy atom. The number of hydrogen-bond acceptors (Lipinski definition) is 5. The number of benzene rings is 1. The summed E-state index contributed by atoms with van der Waals surface area (Å²) in [5.74, 6) is 1.30. The molecule has 0 radical (unpaired) electrons. The minimum atomic E-state index is -0.0936.